The molecule has 6 nitrogen and oxygen atoms in total. The van der Waals surface area contributed by atoms with Gasteiger partial charge in [0, 0.05) is 18.0 Å². The van der Waals surface area contributed by atoms with Crippen molar-refractivity contribution >= 4 is 5.82 Å². The number of nitrogens with two attached hydrogens (primary N) is 1. The summed E-state index contributed by atoms with van der Waals surface area (Å²) in [6.45, 7) is 0. The van der Waals surface area contributed by atoms with E-state index in [2.05, 4.69) is 15.3 Å². The highest BCUT2D eigenvalue weighted by Crippen LogP contribution is 2.25. The molecular formula is C14H13N5O. The van der Waals surface area contributed by atoms with Crippen molar-refractivity contribution in [1.29, 1.82) is 0 Å². The van der Waals surface area contributed by atoms with Gasteiger partial charge in [0.15, 0.2) is 5.82 Å². The third-order valence-corrected chi connectivity index (χ3v) is 2.98. The van der Waals surface area contributed by atoms with Gasteiger partial charge in [0.2, 0.25) is 0 Å². The third-order valence-electron chi connectivity index (χ3n) is 2.98. The number of aromatic nitrogens is 4. The van der Waals surface area contributed by atoms with Crippen molar-refractivity contribution in [1.82, 2.24) is 20.0 Å². The van der Waals surface area contributed by atoms with Crippen LogP contribution in [0.3, 0.4) is 0 Å². The molecule has 0 amide bonds. The summed E-state index contributed by atoms with van der Waals surface area (Å²) in [5.74, 6) is 1.27. The summed E-state index contributed by atoms with van der Waals surface area (Å²) in [7, 11) is 1.63. The number of rotatable bonds is 3. The highest BCUT2D eigenvalue weighted by Gasteiger charge is 2.12. The second kappa shape index (κ2) is 5.00. The van der Waals surface area contributed by atoms with E-state index in [1.54, 1.807) is 24.2 Å². The monoisotopic (exact) mass is 267 g/mol. The average molecular weight is 267 g/mol. The largest absolute Gasteiger partial charge is 0.497 e. The fourth-order valence-electron chi connectivity index (χ4n) is 1.92. The van der Waals surface area contributed by atoms with Gasteiger partial charge in [-0.15, -0.1) is 5.10 Å². The molecule has 3 rings (SSSR count). The van der Waals surface area contributed by atoms with Crippen LogP contribution in [0.5, 0.6) is 5.75 Å². The molecule has 0 fully saturated rings. The van der Waals surface area contributed by atoms with Crippen LogP contribution in [0.4, 0.5) is 5.82 Å². The van der Waals surface area contributed by atoms with Gasteiger partial charge in [0.25, 0.3) is 0 Å². The summed E-state index contributed by atoms with van der Waals surface area (Å²) in [5.41, 5.74) is 8.48. The number of hydrogen-bond donors (Lipinski definition) is 1. The second-order valence-electron chi connectivity index (χ2n) is 4.17. The molecule has 0 aliphatic carbocycles. The van der Waals surface area contributed by atoms with Crippen LogP contribution in [-0.4, -0.2) is 27.1 Å². The Labute approximate surface area is 115 Å². The maximum absolute atomic E-state index is 6.12. The van der Waals surface area contributed by atoms with Gasteiger partial charge in [-0.1, -0.05) is 5.21 Å². The first-order valence-electron chi connectivity index (χ1n) is 6.05. The lowest BCUT2D eigenvalue weighted by molar-refractivity contribution is 0.414. The highest BCUT2D eigenvalue weighted by atomic mass is 16.5. The van der Waals surface area contributed by atoms with Gasteiger partial charge in [-0.25, -0.2) is 0 Å². The zero-order chi connectivity index (χ0) is 13.9. The van der Waals surface area contributed by atoms with Gasteiger partial charge in [-0.3, -0.25) is 4.98 Å². The van der Waals surface area contributed by atoms with Crippen LogP contribution in [0.2, 0.25) is 0 Å². The van der Waals surface area contributed by atoms with E-state index in [0.717, 1.165) is 17.0 Å². The minimum atomic E-state index is 0.487. The Morgan fingerprint density at radius 2 is 1.75 bits per heavy atom. The first-order valence-corrected chi connectivity index (χ1v) is 6.05. The molecule has 0 atom stereocenters. The molecule has 0 unspecified atom stereocenters. The van der Waals surface area contributed by atoms with Crippen molar-refractivity contribution in [2.75, 3.05) is 12.8 Å². The number of anilines is 1. The Balaban J connectivity index is 2.01. The van der Waals surface area contributed by atoms with Crippen LogP contribution in [0.1, 0.15) is 0 Å². The minimum Gasteiger partial charge on any atom is -0.497 e. The van der Waals surface area contributed by atoms with Gasteiger partial charge in [0.05, 0.1) is 12.8 Å². The summed E-state index contributed by atoms with van der Waals surface area (Å²) < 4.78 is 6.72. The molecule has 0 radical (unpaired) electrons. The van der Waals surface area contributed by atoms with Crippen molar-refractivity contribution in [3.05, 3.63) is 48.8 Å². The number of methoxy groups -OCH3 is 1. The average Bonchev–Trinajstić information content (AvgIpc) is 2.90. The molecule has 100 valence electrons. The zero-order valence-corrected chi connectivity index (χ0v) is 10.9. The Bertz CT molecular complexity index is 706. The molecule has 0 bridgehead atoms. The molecule has 2 aromatic heterocycles. The molecule has 20 heavy (non-hydrogen) atoms. The quantitative estimate of drug-likeness (QED) is 0.784. The number of nitrogen functional groups attached to an aromatic ring is 1. The van der Waals surface area contributed by atoms with Gasteiger partial charge in [-0.05, 0) is 36.4 Å². The highest BCUT2D eigenvalue weighted by molar-refractivity contribution is 5.70. The molecular weight excluding hydrogens is 254 g/mol. The van der Waals surface area contributed by atoms with E-state index in [9.17, 15) is 0 Å². The second-order valence-corrected chi connectivity index (χ2v) is 4.17. The smallest absolute Gasteiger partial charge is 0.155 e. The molecule has 3 aromatic rings. The van der Waals surface area contributed by atoms with Crippen molar-refractivity contribution in [3.8, 4) is 22.7 Å². The van der Waals surface area contributed by atoms with Crippen LogP contribution < -0.4 is 10.5 Å². The maximum atomic E-state index is 6.12. The van der Waals surface area contributed by atoms with Crippen molar-refractivity contribution in [3.63, 3.8) is 0 Å². The summed E-state index contributed by atoms with van der Waals surface area (Å²) >= 11 is 0. The van der Waals surface area contributed by atoms with Gasteiger partial charge < -0.3 is 10.5 Å². The fraction of sp³-hybridized carbons (Fsp3) is 0.0714. The third kappa shape index (κ3) is 2.07. The number of benzene rings is 1. The molecule has 0 saturated carbocycles. The van der Waals surface area contributed by atoms with E-state index in [-0.39, 0.29) is 0 Å². The Kier molecular flexibility index (Phi) is 3.04. The molecule has 0 aliphatic rings. The van der Waals surface area contributed by atoms with Gasteiger partial charge in [-0.2, -0.15) is 4.68 Å². The van der Waals surface area contributed by atoms with Crippen molar-refractivity contribution in [2.45, 2.75) is 0 Å². The van der Waals surface area contributed by atoms with E-state index in [0.29, 0.717) is 11.5 Å². The summed E-state index contributed by atoms with van der Waals surface area (Å²) in [5, 5.41) is 8.23. The SMILES string of the molecule is COc1ccc(-n2nnc(-c3ccncc3)c2N)cc1. The zero-order valence-electron chi connectivity index (χ0n) is 10.9. The number of hydrogen-bond acceptors (Lipinski definition) is 5. The minimum absolute atomic E-state index is 0.487. The van der Waals surface area contributed by atoms with E-state index in [1.165, 1.54) is 0 Å². The first kappa shape index (κ1) is 12.2. The number of nitrogens with zero attached hydrogens (tertiary/aromatic N) is 4. The number of pyridine rings is 1. The van der Waals surface area contributed by atoms with Crippen LogP contribution in [0.15, 0.2) is 48.8 Å². The van der Waals surface area contributed by atoms with Crippen molar-refractivity contribution < 1.29 is 4.74 Å². The lowest BCUT2D eigenvalue weighted by Crippen LogP contribution is -2.02. The maximum Gasteiger partial charge on any atom is 0.155 e. The summed E-state index contributed by atoms with van der Waals surface area (Å²) in [6, 6.07) is 11.1. The van der Waals surface area contributed by atoms with E-state index in [4.69, 9.17) is 10.5 Å². The first-order chi connectivity index (χ1) is 9.79. The van der Waals surface area contributed by atoms with Crippen molar-refractivity contribution in [2.24, 2.45) is 0 Å². The molecule has 0 spiro atoms. The molecule has 6 heteroatoms. The molecule has 2 heterocycles. The van der Waals surface area contributed by atoms with Crippen LogP contribution in [0, 0.1) is 0 Å². The Morgan fingerprint density at radius 1 is 1.05 bits per heavy atom. The predicted molar refractivity (Wildman–Crippen MR) is 75.6 cm³/mol. The number of ether oxygens (including phenoxy) is 1. The van der Waals surface area contributed by atoms with E-state index >= 15 is 0 Å². The predicted octanol–water partition coefficient (Wildman–Crippen LogP) is 1.92. The van der Waals surface area contributed by atoms with E-state index < -0.39 is 0 Å². The molecule has 2 N–H and O–H groups in total. The Morgan fingerprint density at radius 3 is 2.40 bits per heavy atom. The lowest BCUT2D eigenvalue weighted by Gasteiger charge is -2.05. The normalized spacial score (nSPS) is 10.4. The lowest BCUT2D eigenvalue weighted by atomic mass is 10.2. The van der Waals surface area contributed by atoms with Crippen LogP contribution in [0.25, 0.3) is 16.9 Å². The molecule has 1 aromatic carbocycles. The molecule has 0 saturated heterocycles. The topological polar surface area (TPSA) is 78.8 Å². The van der Waals surface area contributed by atoms with Gasteiger partial charge >= 0.3 is 0 Å². The van der Waals surface area contributed by atoms with E-state index in [1.807, 2.05) is 36.4 Å². The Hall–Kier alpha value is -2.89. The molecule has 0 aliphatic heterocycles. The fourth-order valence-corrected chi connectivity index (χ4v) is 1.92. The van der Waals surface area contributed by atoms with Crippen LogP contribution >= 0.6 is 0 Å². The summed E-state index contributed by atoms with van der Waals surface area (Å²) in [6.07, 6.45) is 3.39. The van der Waals surface area contributed by atoms with Gasteiger partial charge in [0.1, 0.15) is 11.4 Å². The summed E-state index contributed by atoms with van der Waals surface area (Å²) in [4.78, 5) is 3.97. The van der Waals surface area contributed by atoms with Crippen LogP contribution in [-0.2, 0) is 0 Å². The standard InChI is InChI=1S/C14H13N5O/c1-20-12-4-2-11(3-5-12)19-14(15)13(17-18-19)10-6-8-16-9-7-10/h2-9H,15H2,1H3.